The molecule has 1 atom stereocenters. The number of benzene rings is 1. The van der Waals surface area contributed by atoms with Crippen molar-refractivity contribution in [2.24, 2.45) is 0 Å². The van der Waals surface area contributed by atoms with Crippen molar-refractivity contribution in [2.45, 2.75) is 13.0 Å². The lowest BCUT2D eigenvalue weighted by Gasteiger charge is -2.13. The number of aromatic nitrogens is 1. The van der Waals surface area contributed by atoms with Crippen molar-refractivity contribution < 1.29 is 24.0 Å². The molecule has 0 saturated heterocycles. The maximum atomic E-state index is 12.4. The van der Waals surface area contributed by atoms with Gasteiger partial charge in [-0.2, -0.15) is 0 Å². The molecule has 2 N–H and O–H groups in total. The highest BCUT2D eigenvalue weighted by Gasteiger charge is 2.27. The molecule has 1 heterocycles. The molecule has 0 radical (unpaired) electrons. The van der Waals surface area contributed by atoms with E-state index < -0.39 is 17.9 Å². The van der Waals surface area contributed by atoms with Crippen molar-refractivity contribution >= 4 is 23.5 Å². The van der Waals surface area contributed by atoms with E-state index in [0.717, 1.165) is 0 Å². The van der Waals surface area contributed by atoms with E-state index in [2.05, 4.69) is 10.5 Å². The number of carboxylic acids is 1. The Kier molecular flexibility index (Phi) is 5.36. The Balaban J connectivity index is 2.37. The number of carbonyl (C=O) groups is 2. The van der Waals surface area contributed by atoms with Crippen LogP contribution in [0, 0.1) is 6.92 Å². The van der Waals surface area contributed by atoms with Crippen LogP contribution in [0.2, 0.25) is 5.02 Å². The van der Waals surface area contributed by atoms with Gasteiger partial charge in [-0.15, -0.1) is 0 Å². The highest BCUT2D eigenvalue weighted by Crippen LogP contribution is 2.30. The third-order valence-corrected chi connectivity index (χ3v) is 3.49. The highest BCUT2D eigenvalue weighted by molar-refractivity contribution is 6.33. The smallest absolute Gasteiger partial charge is 0.328 e. The first-order chi connectivity index (χ1) is 11.0. The maximum Gasteiger partial charge on any atom is 0.328 e. The number of hydrogen-bond acceptors (Lipinski definition) is 5. The molecule has 1 unspecified atom stereocenters. The van der Waals surface area contributed by atoms with Gasteiger partial charge in [0.25, 0.3) is 5.91 Å². The third-order valence-electron chi connectivity index (χ3n) is 3.16. The number of nitrogens with zero attached hydrogens (tertiary/aromatic N) is 1. The van der Waals surface area contributed by atoms with Crippen molar-refractivity contribution in [3.63, 3.8) is 0 Å². The van der Waals surface area contributed by atoms with E-state index in [0.29, 0.717) is 10.6 Å². The van der Waals surface area contributed by atoms with Gasteiger partial charge >= 0.3 is 5.97 Å². The minimum absolute atomic E-state index is 0.139. The van der Waals surface area contributed by atoms with E-state index in [4.69, 9.17) is 26.0 Å². The van der Waals surface area contributed by atoms with E-state index in [1.165, 1.54) is 7.11 Å². The molecule has 2 rings (SSSR count). The van der Waals surface area contributed by atoms with Crippen LogP contribution in [0.3, 0.4) is 0 Å². The molecule has 122 valence electrons. The van der Waals surface area contributed by atoms with Crippen LogP contribution in [0.25, 0.3) is 11.3 Å². The van der Waals surface area contributed by atoms with Gasteiger partial charge in [0.15, 0.2) is 6.04 Å². The SMILES string of the molecule is COCC(NC(=O)c1c(-c2ccccc2Cl)noc1C)C(=O)O. The first kappa shape index (κ1) is 17.0. The zero-order valence-corrected chi connectivity index (χ0v) is 13.3. The van der Waals surface area contributed by atoms with Gasteiger partial charge in [0.1, 0.15) is 17.0 Å². The Morgan fingerprint density at radius 3 is 2.74 bits per heavy atom. The lowest BCUT2D eigenvalue weighted by Crippen LogP contribution is -2.44. The fourth-order valence-corrected chi connectivity index (χ4v) is 2.27. The topological polar surface area (TPSA) is 102 Å². The lowest BCUT2D eigenvalue weighted by molar-refractivity contribution is -0.140. The average Bonchev–Trinajstić information content (AvgIpc) is 2.88. The predicted octanol–water partition coefficient (Wildman–Crippen LogP) is 2.13. The van der Waals surface area contributed by atoms with Crippen LogP contribution in [0.1, 0.15) is 16.1 Å². The van der Waals surface area contributed by atoms with Crippen molar-refractivity contribution in [1.82, 2.24) is 10.5 Å². The first-order valence-electron chi connectivity index (χ1n) is 6.69. The Hall–Kier alpha value is -2.38. The standard InChI is InChI=1S/C15H15ClN2O5/c1-8-12(14(19)17-11(7-22-2)15(20)21)13(18-23-8)9-5-3-4-6-10(9)16/h3-6,11H,7H2,1-2H3,(H,17,19)(H,20,21). The first-order valence-corrected chi connectivity index (χ1v) is 7.07. The Morgan fingerprint density at radius 2 is 2.13 bits per heavy atom. The van der Waals surface area contributed by atoms with Crippen molar-refractivity contribution in [2.75, 3.05) is 13.7 Å². The van der Waals surface area contributed by atoms with E-state index in [1.54, 1.807) is 31.2 Å². The second kappa shape index (κ2) is 7.26. The quantitative estimate of drug-likeness (QED) is 0.836. The minimum atomic E-state index is -1.20. The van der Waals surface area contributed by atoms with Crippen LogP contribution in [-0.4, -0.2) is 41.9 Å². The van der Waals surface area contributed by atoms with E-state index in [1.807, 2.05) is 0 Å². The van der Waals surface area contributed by atoms with E-state index in [-0.39, 0.29) is 23.6 Å². The predicted molar refractivity (Wildman–Crippen MR) is 82.5 cm³/mol. The fraction of sp³-hybridized carbons (Fsp3) is 0.267. The zero-order valence-electron chi connectivity index (χ0n) is 12.5. The van der Waals surface area contributed by atoms with Crippen LogP contribution >= 0.6 is 11.6 Å². The molecule has 1 amide bonds. The van der Waals surface area contributed by atoms with Crippen LogP contribution in [0.15, 0.2) is 28.8 Å². The number of aryl methyl sites for hydroxylation is 1. The van der Waals surface area contributed by atoms with Crippen LogP contribution in [0.4, 0.5) is 0 Å². The summed E-state index contributed by atoms with van der Waals surface area (Å²) in [4.78, 5) is 23.6. The number of carbonyl (C=O) groups excluding carboxylic acids is 1. The summed E-state index contributed by atoms with van der Waals surface area (Å²) in [6.07, 6.45) is 0. The number of ether oxygens (including phenoxy) is 1. The van der Waals surface area contributed by atoms with Gasteiger partial charge < -0.3 is 19.7 Å². The third kappa shape index (κ3) is 3.69. The number of halogens is 1. The van der Waals surface area contributed by atoms with Gasteiger partial charge in [0, 0.05) is 12.7 Å². The average molecular weight is 339 g/mol. The van der Waals surface area contributed by atoms with Crippen molar-refractivity contribution in [3.8, 4) is 11.3 Å². The molecule has 1 aromatic heterocycles. The molecule has 0 bridgehead atoms. The van der Waals surface area contributed by atoms with Gasteiger partial charge in [0.2, 0.25) is 0 Å². The number of nitrogens with one attached hydrogen (secondary N) is 1. The largest absolute Gasteiger partial charge is 0.480 e. The summed E-state index contributed by atoms with van der Waals surface area (Å²) >= 11 is 6.12. The van der Waals surface area contributed by atoms with Crippen LogP contribution in [-0.2, 0) is 9.53 Å². The molecule has 1 aromatic carbocycles. The zero-order chi connectivity index (χ0) is 17.0. The summed E-state index contributed by atoms with van der Waals surface area (Å²) < 4.78 is 9.87. The lowest BCUT2D eigenvalue weighted by atomic mass is 10.1. The van der Waals surface area contributed by atoms with Crippen LogP contribution in [0.5, 0.6) is 0 Å². The van der Waals surface area contributed by atoms with E-state index in [9.17, 15) is 9.59 Å². The molecule has 7 nitrogen and oxygen atoms in total. The minimum Gasteiger partial charge on any atom is -0.480 e. The fourth-order valence-electron chi connectivity index (χ4n) is 2.05. The molecule has 0 aliphatic carbocycles. The highest BCUT2D eigenvalue weighted by atomic mass is 35.5. The number of rotatable bonds is 6. The van der Waals surface area contributed by atoms with Crippen molar-refractivity contribution in [3.05, 3.63) is 40.6 Å². The Bertz CT molecular complexity index is 728. The number of methoxy groups -OCH3 is 1. The van der Waals surface area contributed by atoms with Gasteiger partial charge in [-0.1, -0.05) is 35.0 Å². The Morgan fingerprint density at radius 1 is 1.43 bits per heavy atom. The molecule has 8 heteroatoms. The normalized spacial score (nSPS) is 12.0. The molecule has 0 saturated carbocycles. The number of aliphatic carboxylic acids is 1. The van der Waals surface area contributed by atoms with Gasteiger partial charge in [-0.3, -0.25) is 4.79 Å². The number of amides is 1. The molecule has 0 aliphatic heterocycles. The monoisotopic (exact) mass is 338 g/mol. The number of hydrogen-bond donors (Lipinski definition) is 2. The molecule has 23 heavy (non-hydrogen) atoms. The molecular weight excluding hydrogens is 324 g/mol. The van der Waals surface area contributed by atoms with E-state index >= 15 is 0 Å². The van der Waals surface area contributed by atoms with Gasteiger partial charge in [-0.25, -0.2) is 4.79 Å². The van der Waals surface area contributed by atoms with Gasteiger partial charge in [-0.05, 0) is 13.0 Å². The van der Waals surface area contributed by atoms with Crippen molar-refractivity contribution in [1.29, 1.82) is 0 Å². The summed E-state index contributed by atoms with van der Waals surface area (Å²) in [6.45, 7) is 1.40. The summed E-state index contributed by atoms with van der Waals surface area (Å²) in [7, 11) is 1.35. The van der Waals surface area contributed by atoms with Gasteiger partial charge in [0.05, 0.1) is 11.6 Å². The molecule has 0 fully saturated rings. The summed E-state index contributed by atoms with van der Waals surface area (Å²) in [6, 6.07) is 5.67. The summed E-state index contributed by atoms with van der Waals surface area (Å²) in [5.41, 5.74) is 0.919. The summed E-state index contributed by atoms with van der Waals surface area (Å²) in [5, 5.41) is 15.8. The maximum absolute atomic E-state index is 12.4. The molecular formula is C15H15ClN2O5. The summed E-state index contributed by atoms with van der Waals surface area (Å²) in [5.74, 6) is -1.56. The number of carboxylic acid groups (broad SMARTS) is 1. The Labute approximate surface area is 137 Å². The second-order valence-electron chi connectivity index (χ2n) is 4.76. The second-order valence-corrected chi connectivity index (χ2v) is 5.17. The van der Waals surface area contributed by atoms with Crippen LogP contribution < -0.4 is 5.32 Å². The molecule has 0 spiro atoms. The molecule has 0 aliphatic rings. The molecule has 2 aromatic rings.